The smallest absolute Gasteiger partial charge is 0.338 e. The molecule has 0 saturated carbocycles. The van der Waals surface area contributed by atoms with Crippen molar-refractivity contribution in [3.8, 4) is 0 Å². The zero-order chi connectivity index (χ0) is 18.9. The lowest BCUT2D eigenvalue weighted by Gasteiger charge is -2.18. The van der Waals surface area contributed by atoms with Gasteiger partial charge in [0.25, 0.3) is 0 Å². The number of rotatable bonds is 8. The second-order valence-corrected chi connectivity index (χ2v) is 6.48. The van der Waals surface area contributed by atoms with Crippen LogP contribution in [0.1, 0.15) is 59.9 Å². The summed E-state index contributed by atoms with van der Waals surface area (Å²) in [5.41, 5.74) is 2.25. The van der Waals surface area contributed by atoms with Crippen molar-refractivity contribution in [1.82, 2.24) is 0 Å². The van der Waals surface area contributed by atoms with Crippen molar-refractivity contribution in [2.24, 2.45) is 0 Å². The molecule has 2 aromatic carbocycles. The van der Waals surface area contributed by atoms with Crippen LogP contribution in [0.15, 0.2) is 54.6 Å². The average Bonchev–Trinajstić information content (AvgIpc) is 2.63. The molecule has 0 fully saturated rings. The van der Waals surface area contributed by atoms with Crippen molar-refractivity contribution < 1.29 is 19.1 Å². The molecule has 0 radical (unpaired) electrons. The molecular formula is C22H26O4. The van der Waals surface area contributed by atoms with E-state index in [0.717, 1.165) is 12.8 Å². The fourth-order valence-corrected chi connectivity index (χ4v) is 2.74. The van der Waals surface area contributed by atoms with Gasteiger partial charge in [-0.3, -0.25) is 0 Å². The summed E-state index contributed by atoms with van der Waals surface area (Å²) in [4.78, 5) is 24.3. The molecule has 0 spiro atoms. The second-order valence-electron chi connectivity index (χ2n) is 6.48. The maximum atomic E-state index is 12.2. The number of hydrogen-bond acceptors (Lipinski definition) is 4. The van der Waals surface area contributed by atoms with Gasteiger partial charge in [-0.2, -0.15) is 0 Å². The Kier molecular flexibility index (Phi) is 7.39. The van der Waals surface area contributed by atoms with Gasteiger partial charge in [-0.25, -0.2) is 9.59 Å². The van der Waals surface area contributed by atoms with Gasteiger partial charge in [-0.1, -0.05) is 43.7 Å². The van der Waals surface area contributed by atoms with Crippen LogP contribution in [-0.4, -0.2) is 24.1 Å². The maximum absolute atomic E-state index is 12.2. The summed E-state index contributed by atoms with van der Waals surface area (Å²) in [6.07, 6.45) is 1.81. The normalized spacial score (nSPS) is 12.9. The Morgan fingerprint density at radius 1 is 0.808 bits per heavy atom. The molecular weight excluding hydrogens is 328 g/mol. The zero-order valence-corrected chi connectivity index (χ0v) is 15.6. The van der Waals surface area contributed by atoms with Gasteiger partial charge in [0, 0.05) is 6.42 Å². The van der Waals surface area contributed by atoms with E-state index in [1.165, 1.54) is 5.56 Å². The van der Waals surface area contributed by atoms with Crippen LogP contribution in [0.2, 0.25) is 0 Å². The molecule has 2 rings (SSSR count). The zero-order valence-electron chi connectivity index (χ0n) is 15.6. The van der Waals surface area contributed by atoms with Crippen LogP contribution in [0.4, 0.5) is 0 Å². The summed E-state index contributed by atoms with van der Waals surface area (Å²) in [5.74, 6) is -0.731. The van der Waals surface area contributed by atoms with Crippen LogP contribution in [0, 0.1) is 0 Å². The molecule has 4 heteroatoms. The SMILES string of the molecule is CCCc1ccc(C(=O)OC(C)CC(C)OC(=O)c2ccccc2)cc1. The predicted molar refractivity (Wildman–Crippen MR) is 101 cm³/mol. The molecule has 2 aromatic rings. The number of aryl methyl sites for hydroxylation is 1. The van der Waals surface area contributed by atoms with E-state index in [-0.39, 0.29) is 24.1 Å². The van der Waals surface area contributed by atoms with Crippen LogP contribution >= 0.6 is 0 Å². The van der Waals surface area contributed by atoms with Gasteiger partial charge in [-0.05, 0) is 50.1 Å². The van der Waals surface area contributed by atoms with Crippen LogP contribution in [0.25, 0.3) is 0 Å². The Balaban J connectivity index is 1.82. The molecule has 2 atom stereocenters. The molecule has 0 N–H and O–H groups in total. The highest BCUT2D eigenvalue weighted by atomic mass is 16.6. The van der Waals surface area contributed by atoms with Gasteiger partial charge >= 0.3 is 11.9 Å². The van der Waals surface area contributed by atoms with E-state index >= 15 is 0 Å². The number of hydrogen-bond donors (Lipinski definition) is 0. The van der Waals surface area contributed by atoms with Gasteiger partial charge in [0.05, 0.1) is 11.1 Å². The summed E-state index contributed by atoms with van der Waals surface area (Å²) in [7, 11) is 0. The third kappa shape index (κ3) is 6.03. The summed E-state index contributed by atoms with van der Waals surface area (Å²) in [6.45, 7) is 5.72. The first-order valence-corrected chi connectivity index (χ1v) is 9.05. The van der Waals surface area contributed by atoms with Crippen LogP contribution in [0.3, 0.4) is 0 Å². The van der Waals surface area contributed by atoms with Crippen LogP contribution in [-0.2, 0) is 15.9 Å². The van der Waals surface area contributed by atoms with E-state index in [2.05, 4.69) is 6.92 Å². The van der Waals surface area contributed by atoms with E-state index in [1.807, 2.05) is 18.2 Å². The summed E-state index contributed by atoms with van der Waals surface area (Å²) in [6, 6.07) is 16.3. The molecule has 0 amide bonds. The molecule has 0 saturated heterocycles. The molecule has 0 aliphatic heterocycles. The van der Waals surface area contributed by atoms with Crippen molar-refractivity contribution in [2.45, 2.75) is 52.2 Å². The first kappa shape index (κ1) is 19.7. The largest absolute Gasteiger partial charge is 0.459 e. The topological polar surface area (TPSA) is 52.6 Å². The Morgan fingerprint density at radius 3 is 1.81 bits per heavy atom. The lowest BCUT2D eigenvalue weighted by Crippen LogP contribution is -2.23. The highest BCUT2D eigenvalue weighted by Crippen LogP contribution is 2.13. The third-order valence-electron chi connectivity index (χ3n) is 4.02. The number of esters is 2. The highest BCUT2D eigenvalue weighted by Gasteiger charge is 2.18. The fraction of sp³-hybridized carbons (Fsp3) is 0.364. The lowest BCUT2D eigenvalue weighted by atomic mass is 10.1. The van der Waals surface area contributed by atoms with Crippen LogP contribution in [0.5, 0.6) is 0 Å². The van der Waals surface area contributed by atoms with Crippen molar-refractivity contribution in [1.29, 1.82) is 0 Å². The van der Waals surface area contributed by atoms with E-state index < -0.39 is 0 Å². The lowest BCUT2D eigenvalue weighted by molar-refractivity contribution is 0.00764. The maximum Gasteiger partial charge on any atom is 0.338 e. The fourth-order valence-electron chi connectivity index (χ4n) is 2.74. The van der Waals surface area contributed by atoms with E-state index in [4.69, 9.17) is 9.47 Å². The molecule has 26 heavy (non-hydrogen) atoms. The van der Waals surface area contributed by atoms with Gasteiger partial charge < -0.3 is 9.47 Å². The summed E-state index contributed by atoms with van der Waals surface area (Å²) < 4.78 is 10.9. The van der Waals surface area contributed by atoms with E-state index in [1.54, 1.807) is 50.2 Å². The van der Waals surface area contributed by atoms with Gasteiger partial charge in [0.1, 0.15) is 12.2 Å². The molecule has 138 valence electrons. The Hall–Kier alpha value is -2.62. The average molecular weight is 354 g/mol. The summed E-state index contributed by atoms with van der Waals surface area (Å²) >= 11 is 0. The Morgan fingerprint density at radius 2 is 1.31 bits per heavy atom. The van der Waals surface area contributed by atoms with Gasteiger partial charge in [-0.15, -0.1) is 0 Å². The predicted octanol–water partition coefficient (Wildman–Crippen LogP) is 4.82. The van der Waals surface area contributed by atoms with Gasteiger partial charge in [0.2, 0.25) is 0 Å². The molecule has 0 heterocycles. The standard InChI is InChI=1S/C22H26O4/c1-4-8-18-11-13-20(14-12-18)22(24)26-17(3)15-16(2)25-21(23)19-9-6-5-7-10-19/h5-7,9-14,16-17H,4,8,15H2,1-3H3. The molecule has 4 nitrogen and oxygen atoms in total. The second kappa shape index (κ2) is 9.76. The van der Waals surface area contributed by atoms with Crippen molar-refractivity contribution in [3.63, 3.8) is 0 Å². The Bertz CT molecular complexity index is 707. The van der Waals surface area contributed by atoms with Crippen molar-refractivity contribution >= 4 is 11.9 Å². The quantitative estimate of drug-likeness (QED) is 0.638. The number of carbonyl (C=O) groups is 2. The summed E-state index contributed by atoms with van der Waals surface area (Å²) in [5, 5.41) is 0. The number of ether oxygens (including phenoxy) is 2. The number of carbonyl (C=O) groups excluding carboxylic acids is 2. The minimum Gasteiger partial charge on any atom is -0.459 e. The first-order valence-electron chi connectivity index (χ1n) is 9.05. The molecule has 0 bridgehead atoms. The van der Waals surface area contributed by atoms with Crippen LogP contribution < -0.4 is 0 Å². The minimum absolute atomic E-state index is 0.350. The number of benzene rings is 2. The Labute approximate surface area is 155 Å². The van der Waals surface area contributed by atoms with E-state index in [0.29, 0.717) is 17.5 Å². The first-order chi connectivity index (χ1) is 12.5. The van der Waals surface area contributed by atoms with Crippen molar-refractivity contribution in [2.75, 3.05) is 0 Å². The molecule has 0 aliphatic rings. The molecule has 0 aromatic heterocycles. The highest BCUT2D eigenvalue weighted by molar-refractivity contribution is 5.90. The molecule has 0 aliphatic carbocycles. The van der Waals surface area contributed by atoms with Gasteiger partial charge in [0.15, 0.2) is 0 Å². The minimum atomic E-state index is -0.372. The third-order valence-corrected chi connectivity index (χ3v) is 4.02. The van der Waals surface area contributed by atoms with E-state index in [9.17, 15) is 9.59 Å². The monoisotopic (exact) mass is 354 g/mol. The van der Waals surface area contributed by atoms with Crippen molar-refractivity contribution in [3.05, 3.63) is 71.3 Å². The molecule has 2 unspecified atom stereocenters.